The van der Waals surface area contributed by atoms with Crippen LogP contribution in [0.2, 0.25) is 0 Å². The number of rotatable bonds is 7. The molecule has 0 saturated carbocycles. The van der Waals surface area contributed by atoms with Crippen LogP contribution in [0.3, 0.4) is 0 Å². The van der Waals surface area contributed by atoms with Gasteiger partial charge in [0.05, 0.1) is 14.2 Å². The maximum absolute atomic E-state index is 11.5. The fraction of sp³-hybridized carbons (Fsp3) is 0.400. The van der Waals surface area contributed by atoms with Crippen molar-refractivity contribution in [2.24, 2.45) is 0 Å². The molecule has 0 unspecified atom stereocenters. The summed E-state index contributed by atoms with van der Waals surface area (Å²) in [7, 11) is 3.30. The van der Waals surface area contributed by atoms with E-state index in [-0.39, 0.29) is 11.7 Å². The van der Waals surface area contributed by atoms with Crippen molar-refractivity contribution in [1.82, 2.24) is 0 Å². The molecule has 3 aromatic rings. The van der Waals surface area contributed by atoms with Gasteiger partial charge < -0.3 is 23.4 Å². The van der Waals surface area contributed by atoms with Crippen LogP contribution in [0.5, 0.6) is 17.2 Å². The summed E-state index contributed by atoms with van der Waals surface area (Å²) in [6.07, 6.45) is 2.33. The van der Waals surface area contributed by atoms with E-state index in [1.165, 1.54) is 6.07 Å². The van der Waals surface area contributed by atoms with Gasteiger partial charge in [0.15, 0.2) is 11.5 Å². The maximum atomic E-state index is 11.5. The third-order valence-electron chi connectivity index (χ3n) is 5.75. The Morgan fingerprint density at radius 2 is 1.94 bits per heavy atom. The highest BCUT2D eigenvalue weighted by Crippen LogP contribution is 2.37. The number of para-hydroxylation sites is 1. The zero-order valence-corrected chi connectivity index (χ0v) is 18.4. The van der Waals surface area contributed by atoms with Crippen LogP contribution >= 0.6 is 0 Å². The molecule has 0 radical (unpaired) electrons. The number of hydrogen-bond acceptors (Lipinski definition) is 6. The normalized spacial score (nSPS) is 17.1. The summed E-state index contributed by atoms with van der Waals surface area (Å²) in [5.41, 5.74) is 1.83. The SMILES string of the molecule is COc1cccc(CCCO[C@H]2Cc3cc4ccc(=O)oc4cc3OC2(C)C)c1OC. The predicted octanol–water partition coefficient (Wildman–Crippen LogP) is 4.54. The molecule has 2 heterocycles. The first-order valence-corrected chi connectivity index (χ1v) is 10.5. The van der Waals surface area contributed by atoms with Crippen LogP contribution in [-0.2, 0) is 17.6 Å². The molecule has 1 aliphatic rings. The number of fused-ring (bicyclic) bond motifs is 2. The Balaban J connectivity index is 1.43. The Labute approximate surface area is 181 Å². The average Bonchev–Trinajstić information content (AvgIpc) is 2.74. The molecule has 0 spiro atoms. The van der Waals surface area contributed by atoms with E-state index in [9.17, 15) is 4.79 Å². The molecule has 6 nitrogen and oxygen atoms in total. The molecule has 164 valence electrons. The Hall–Kier alpha value is -2.99. The summed E-state index contributed by atoms with van der Waals surface area (Å²) in [6.45, 7) is 4.66. The summed E-state index contributed by atoms with van der Waals surface area (Å²) >= 11 is 0. The summed E-state index contributed by atoms with van der Waals surface area (Å²) < 4.78 is 28.7. The number of benzene rings is 2. The molecule has 0 saturated heterocycles. The number of aryl methyl sites for hydroxylation is 1. The highest BCUT2D eigenvalue weighted by Gasteiger charge is 2.38. The predicted molar refractivity (Wildman–Crippen MR) is 119 cm³/mol. The van der Waals surface area contributed by atoms with Gasteiger partial charge in [-0.1, -0.05) is 12.1 Å². The Morgan fingerprint density at radius 3 is 2.71 bits per heavy atom. The minimum Gasteiger partial charge on any atom is -0.493 e. The molecule has 0 fully saturated rings. The second-order valence-corrected chi connectivity index (χ2v) is 8.28. The van der Waals surface area contributed by atoms with Gasteiger partial charge in [0.25, 0.3) is 0 Å². The fourth-order valence-corrected chi connectivity index (χ4v) is 4.09. The van der Waals surface area contributed by atoms with Crippen LogP contribution in [0.1, 0.15) is 31.4 Å². The zero-order chi connectivity index (χ0) is 22.0. The molecule has 31 heavy (non-hydrogen) atoms. The molecular formula is C25H28O6. The molecule has 0 bridgehead atoms. The van der Waals surface area contributed by atoms with E-state index >= 15 is 0 Å². The van der Waals surface area contributed by atoms with Crippen molar-refractivity contribution in [3.8, 4) is 17.2 Å². The van der Waals surface area contributed by atoms with Crippen molar-refractivity contribution < 1.29 is 23.4 Å². The fourth-order valence-electron chi connectivity index (χ4n) is 4.09. The topological polar surface area (TPSA) is 67.1 Å². The van der Waals surface area contributed by atoms with E-state index in [2.05, 4.69) is 6.07 Å². The molecule has 2 aromatic carbocycles. The first kappa shape index (κ1) is 21.2. The van der Waals surface area contributed by atoms with Crippen LogP contribution in [0.15, 0.2) is 51.7 Å². The minimum absolute atomic E-state index is 0.0830. The van der Waals surface area contributed by atoms with Crippen molar-refractivity contribution in [3.05, 3.63) is 64.0 Å². The third-order valence-corrected chi connectivity index (χ3v) is 5.75. The standard InChI is InChI=1S/C25H28O6/c1-25(2)22(29-12-6-8-16-7-5-9-19(27-3)24(16)28-4)14-18-13-17-10-11-23(26)30-20(17)15-21(18)31-25/h5,7,9-11,13,15,22H,6,8,12,14H2,1-4H3/t22-/m0/s1. The van der Waals surface area contributed by atoms with Crippen molar-refractivity contribution in [1.29, 1.82) is 0 Å². The van der Waals surface area contributed by atoms with Gasteiger partial charge in [-0.15, -0.1) is 0 Å². The van der Waals surface area contributed by atoms with Gasteiger partial charge in [0.2, 0.25) is 0 Å². The lowest BCUT2D eigenvalue weighted by Crippen LogP contribution is -2.48. The molecule has 0 aliphatic carbocycles. The van der Waals surface area contributed by atoms with E-state index in [1.54, 1.807) is 26.4 Å². The Morgan fingerprint density at radius 1 is 1.10 bits per heavy atom. The van der Waals surface area contributed by atoms with E-state index in [0.29, 0.717) is 12.2 Å². The van der Waals surface area contributed by atoms with E-state index in [1.807, 2.05) is 32.0 Å². The highest BCUT2D eigenvalue weighted by molar-refractivity contribution is 5.79. The molecule has 0 amide bonds. The van der Waals surface area contributed by atoms with Crippen LogP contribution in [-0.4, -0.2) is 32.5 Å². The smallest absolute Gasteiger partial charge is 0.336 e. The number of ether oxygens (including phenoxy) is 4. The number of methoxy groups -OCH3 is 2. The summed E-state index contributed by atoms with van der Waals surface area (Å²) in [6, 6.07) is 12.9. The summed E-state index contributed by atoms with van der Waals surface area (Å²) in [5.74, 6) is 2.26. The van der Waals surface area contributed by atoms with Crippen molar-refractivity contribution in [3.63, 3.8) is 0 Å². The van der Waals surface area contributed by atoms with Crippen molar-refractivity contribution >= 4 is 11.0 Å². The molecule has 6 heteroatoms. The molecule has 1 aliphatic heterocycles. The van der Waals surface area contributed by atoms with Crippen molar-refractivity contribution in [2.45, 2.75) is 44.8 Å². The van der Waals surface area contributed by atoms with Gasteiger partial charge >= 0.3 is 5.63 Å². The second kappa shape index (κ2) is 8.63. The highest BCUT2D eigenvalue weighted by atomic mass is 16.6. The molecular weight excluding hydrogens is 396 g/mol. The van der Waals surface area contributed by atoms with Gasteiger partial charge in [0.1, 0.15) is 23.0 Å². The summed E-state index contributed by atoms with van der Waals surface area (Å²) in [4.78, 5) is 11.5. The van der Waals surface area contributed by atoms with Crippen molar-refractivity contribution in [2.75, 3.05) is 20.8 Å². The zero-order valence-electron chi connectivity index (χ0n) is 18.4. The van der Waals surface area contributed by atoms with E-state index in [0.717, 1.165) is 53.0 Å². The molecule has 0 N–H and O–H groups in total. The monoisotopic (exact) mass is 424 g/mol. The molecule has 1 atom stereocenters. The Bertz CT molecular complexity index is 1130. The summed E-state index contributed by atoms with van der Waals surface area (Å²) in [5, 5.41) is 0.880. The van der Waals surface area contributed by atoms with Crippen LogP contribution in [0.25, 0.3) is 11.0 Å². The van der Waals surface area contributed by atoms with Gasteiger partial charge in [0, 0.05) is 30.5 Å². The van der Waals surface area contributed by atoms with Crippen LogP contribution in [0, 0.1) is 0 Å². The molecule has 4 rings (SSSR count). The van der Waals surface area contributed by atoms with Crippen LogP contribution in [0.4, 0.5) is 0 Å². The Kier molecular flexibility index (Phi) is 5.92. The maximum Gasteiger partial charge on any atom is 0.336 e. The first-order valence-electron chi connectivity index (χ1n) is 10.5. The number of hydrogen-bond donors (Lipinski definition) is 0. The largest absolute Gasteiger partial charge is 0.493 e. The van der Waals surface area contributed by atoms with Gasteiger partial charge in [-0.3, -0.25) is 0 Å². The average molecular weight is 424 g/mol. The van der Waals surface area contributed by atoms with Gasteiger partial charge in [-0.05, 0) is 56.0 Å². The lowest BCUT2D eigenvalue weighted by Gasteiger charge is -2.39. The minimum atomic E-state index is -0.497. The second-order valence-electron chi connectivity index (χ2n) is 8.28. The lowest BCUT2D eigenvalue weighted by molar-refractivity contribution is -0.0839. The van der Waals surface area contributed by atoms with Crippen LogP contribution < -0.4 is 19.8 Å². The van der Waals surface area contributed by atoms with Gasteiger partial charge in [-0.2, -0.15) is 0 Å². The quantitative estimate of drug-likeness (QED) is 0.410. The van der Waals surface area contributed by atoms with E-state index in [4.69, 9.17) is 23.4 Å². The lowest BCUT2D eigenvalue weighted by atomic mass is 9.90. The first-order chi connectivity index (χ1) is 14.9. The molecule has 1 aromatic heterocycles. The van der Waals surface area contributed by atoms with Gasteiger partial charge in [-0.25, -0.2) is 4.79 Å². The third kappa shape index (κ3) is 4.39. The van der Waals surface area contributed by atoms with E-state index < -0.39 is 5.60 Å².